The Kier molecular flexibility index (Phi) is 4.20. The van der Waals surface area contributed by atoms with Gasteiger partial charge in [-0.25, -0.2) is 4.52 Å². The molecule has 1 atom stereocenters. The van der Waals surface area contributed by atoms with Crippen molar-refractivity contribution in [3.05, 3.63) is 36.2 Å². The maximum absolute atomic E-state index is 12.8. The molecule has 0 radical (unpaired) electrons. The van der Waals surface area contributed by atoms with Crippen LogP contribution in [0.15, 0.2) is 30.6 Å². The Morgan fingerprint density at radius 1 is 1.52 bits per heavy atom. The van der Waals surface area contributed by atoms with Crippen molar-refractivity contribution >= 4 is 11.4 Å². The number of hydrogen-bond donors (Lipinski definition) is 1. The van der Waals surface area contributed by atoms with Gasteiger partial charge in [0.15, 0.2) is 0 Å². The van der Waals surface area contributed by atoms with Crippen molar-refractivity contribution in [1.29, 1.82) is 0 Å². The van der Waals surface area contributed by atoms with Crippen LogP contribution < -0.4 is 5.32 Å². The fourth-order valence-corrected chi connectivity index (χ4v) is 3.02. The number of pyridine rings is 1. The van der Waals surface area contributed by atoms with E-state index in [-0.39, 0.29) is 5.91 Å². The first-order chi connectivity index (χ1) is 10.3. The van der Waals surface area contributed by atoms with Gasteiger partial charge in [-0.2, -0.15) is 5.10 Å². The van der Waals surface area contributed by atoms with Crippen LogP contribution in [0, 0.1) is 5.92 Å². The standard InChI is InChI=1S/C16H22N4O/c1-2-19(12-13-6-5-8-17-10-13)16(21)14-11-18-20-9-4-3-7-15(14)20/h3-4,7,9,11,13,17H,2,5-6,8,10,12H2,1H3. The van der Waals surface area contributed by atoms with Gasteiger partial charge in [-0.05, 0) is 50.9 Å². The molecule has 1 aliphatic rings. The molecule has 1 saturated heterocycles. The van der Waals surface area contributed by atoms with Gasteiger partial charge in [0, 0.05) is 19.3 Å². The number of carbonyl (C=O) groups excluding carboxylic acids is 1. The highest BCUT2D eigenvalue weighted by Crippen LogP contribution is 2.16. The second-order valence-electron chi connectivity index (χ2n) is 5.64. The van der Waals surface area contributed by atoms with Gasteiger partial charge < -0.3 is 10.2 Å². The van der Waals surface area contributed by atoms with E-state index >= 15 is 0 Å². The molecule has 1 fully saturated rings. The van der Waals surface area contributed by atoms with Gasteiger partial charge in [-0.3, -0.25) is 4.79 Å². The van der Waals surface area contributed by atoms with E-state index in [0.29, 0.717) is 11.5 Å². The molecule has 2 aromatic heterocycles. The maximum Gasteiger partial charge on any atom is 0.257 e. The quantitative estimate of drug-likeness (QED) is 0.932. The lowest BCUT2D eigenvalue weighted by Crippen LogP contribution is -2.41. The number of aromatic nitrogens is 2. The highest BCUT2D eigenvalue weighted by molar-refractivity contribution is 6.00. The van der Waals surface area contributed by atoms with Crippen LogP contribution in [0.25, 0.3) is 5.52 Å². The number of nitrogens with one attached hydrogen (secondary N) is 1. The van der Waals surface area contributed by atoms with Crippen molar-refractivity contribution in [2.45, 2.75) is 19.8 Å². The van der Waals surface area contributed by atoms with E-state index in [1.165, 1.54) is 12.8 Å². The van der Waals surface area contributed by atoms with E-state index in [4.69, 9.17) is 0 Å². The smallest absolute Gasteiger partial charge is 0.257 e. The van der Waals surface area contributed by atoms with Crippen molar-refractivity contribution < 1.29 is 4.79 Å². The zero-order valence-corrected chi connectivity index (χ0v) is 12.5. The molecule has 3 heterocycles. The van der Waals surface area contributed by atoms with E-state index in [1.807, 2.05) is 36.2 Å². The molecule has 0 bridgehead atoms. The maximum atomic E-state index is 12.8. The lowest BCUT2D eigenvalue weighted by molar-refractivity contribution is 0.0731. The van der Waals surface area contributed by atoms with Gasteiger partial charge in [0.25, 0.3) is 5.91 Å². The molecule has 21 heavy (non-hydrogen) atoms. The molecule has 1 aliphatic heterocycles. The van der Waals surface area contributed by atoms with E-state index in [0.717, 1.165) is 31.7 Å². The van der Waals surface area contributed by atoms with Gasteiger partial charge in [-0.1, -0.05) is 6.07 Å². The van der Waals surface area contributed by atoms with Crippen LogP contribution in [0.3, 0.4) is 0 Å². The second-order valence-corrected chi connectivity index (χ2v) is 5.64. The molecular formula is C16H22N4O. The Bertz CT molecular complexity index is 616. The predicted molar refractivity (Wildman–Crippen MR) is 82.4 cm³/mol. The number of nitrogens with zero attached hydrogens (tertiary/aromatic N) is 3. The highest BCUT2D eigenvalue weighted by Gasteiger charge is 2.22. The summed E-state index contributed by atoms with van der Waals surface area (Å²) in [6.07, 6.45) is 5.95. The van der Waals surface area contributed by atoms with Crippen LogP contribution in [-0.2, 0) is 0 Å². The minimum absolute atomic E-state index is 0.0873. The van der Waals surface area contributed by atoms with Gasteiger partial charge in [0.1, 0.15) is 0 Å². The van der Waals surface area contributed by atoms with Crippen LogP contribution in [0.1, 0.15) is 30.1 Å². The summed E-state index contributed by atoms with van der Waals surface area (Å²) in [4.78, 5) is 14.7. The molecule has 1 unspecified atom stereocenters. The number of hydrogen-bond acceptors (Lipinski definition) is 3. The zero-order valence-electron chi connectivity index (χ0n) is 12.5. The van der Waals surface area contributed by atoms with E-state index < -0.39 is 0 Å². The van der Waals surface area contributed by atoms with Gasteiger partial charge in [0.2, 0.25) is 0 Å². The van der Waals surface area contributed by atoms with Crippen LogP contribution in [0.4, 0.5) is 0 Å². The highest BCUT2D eigenvalue weighted by atomic mass is 16.2. The van der Waals surface area contributed by atoms with Crippen molar-refractivity contribution in [3.63, 3.8) is 0 Å². The zero-order chi connectivity index (χ0) is 14.7. The molecule has 5 nitrogen and oxygen atoms in total. The molecule has 0 saturated carbocycles. The summed E-state index contributed by atoms with van der Waals surface area (Å²) < 4.78 is 1.75. The molecule has 1 amide bonds. The van der Waals surface area contributed by atoms with Gasteiger partial charge >= 0.3 is 0 Å². The molecule has 3 rings (SSSR count). The number of carbonyl (C=O) groups is 1. The average Bonchev–Trinajstić information content (AvgIpc) is 2.97. The lowest BCUT2D eigenvalue weighted by Gasteiger charge is -2.29. The Hall–Kier alpha value is -1.88. The first kappa shape index (κ1) is 14.1. The number of fused-ring (bicyclic) bond motifs is 1. The third-order valence-electron chi connectivity index (χ3n) is 4.20. The Morgan fingerprint density at radius 2 is 2.43 bits per heavy atom. The summed E-state index contributed by atoms with van der Waals surface area (Å²) in [6, 6.07) is 5.80. The van der Waals surface area contributed by atoms with Gasteiger partial charge in [0.05, 0.1) is 17.3 Å². The first-order valence-electron chi connectivity index (χ1n) is 7.72. The van der Waals surface area contributed by atoms with Crippen molar-refractivity contribution in [2.75, 3.05) is 26.2 Å². The van der Waals surface area contributed by atoms with E-state index in [9.17, 15) is 4.79 Å². The largest absolute Gasteiger partial charge is 0.338 e. The van der Waals surface area contributed by atoms with Crippen LogP contribution >= 0.6 is 0 Å². The molecule has 5 heteroatoms. The molecule has 0 aliphatic carbocycles. The summed E-state index contributed by atoms with van der Waals surface area (Å²) in [5, 5.41) is 7.67. The van der Waals surface area contributed by atoms with E-state index in [2.05, 4.69) is 10.4 Å². The van der Waals surface area contributed by atoms with Crippen LogP contribution in [0.5, 0.6) is 0 Å². The summed E-state index contributed by atoms with van der Waals surface area (Å²) in [5.41, 5.74) is 1.57. The topological polar surface area (TPSA) is 49.6 Å². The molecular weight excluding hydrogens is 264 g/mol. The Balaban J connectivity index is 1.78. The fraction of sp³-hybridized carbons (Fsp3) is 0.500. The summed E-state index contributed by atoms with van der Waals surface area (Å²) in [7, 11) is 0. The van der Waals surface area contributed by atoms with Crippen LogP contribution in [0.2, 0.25) is 0 Å². The molecule has 1 N–H and O–H groups in total. The Labute approximate surface area is 124 Å². The molecule has 0 spiro atoms. The van der Waals surface area contributed by atoms with Crippen molar-refractivity contribution in [3.8, 4) is 0 Å². The first-order valence-corrected chi connectivity index (χ1v) is 7.72. The second kappa shape index (κ2) is 6.26. The average molecular weight is 286 g/mol. The number of amides is 1. The van der Waals surface area contributed by atoms with E-state index in [1.54, 1.807) is 10.7 Å². The summed E-state index contributed by atoms with van der Waals surface area (Å²) in [5.74, 6) is 0.647. The van der Waals surface area contributed by atoms with Gasteiger partial charge in [-0.15, -0.1) is 0 Å². The SMILES string of the molecule is CCN(CC1CCCNC1)C(=O)c1cnn2ccccc12. The molecule has 0 aromatic carbocycles. The third kappa shape index (κ3) is 2.93. The minimum Gasteiger partial charge on any atom is -0.338 e. The minimum atomic E-state index is 0.0873. The van der Waals surface area contributed by atoms with Crippen LogP contribution in [-0.4, -0.2) is 46.6 Å². The van der Waals surface area contributed by atoms with Crippen molar-refractivity contribution in [2.24, 2.45) is 5.92 Å². The normalized spacial score (nSPS) is 18.8. The molecule has 2 aromatic rings. The number of piperidine rings is 1. The summed E-state index contributed by atoms with van der Waals surface area (Å²) >= 11 is 0. The van der Waals surface area contributed by atoms with Crippen molar-refractivity contribution in [1.82, 2.24) is 19.8 Å². The third-order valence-corrected chi connectivity index (χ3v) is 4.20. The summed E-state index contributed by atoms with van der Waals surface area (Å²) in [6.45, 7) is 5.72. The number of rotatable bonds is 4. The Morgan fingerprint density at radius 3 is 3.19 bits per heavy atom. The predicted octanol–water partition coefficient (Wildman–Crippen LogP) is 1.80. The lowest BCUT2D eigenvalue weighted by atomic mass is 9.99. The molecule has 112 valence electrons. The monoisotopic (exact) mass is 286 g/mol. The fourth-order valence-electron chi connectivity index (χ4n) is 3.02.